The van der Waals surface area contributed by atoms with E-state index in [1.807, 2.05) is 6.08 Å². The van der Waals surface area contributed by atoms with Crippen LogP contribution in [0.3, 0.4) is 0 Å². The smallest absolute Gasteiger partial charge is 0.152 e. The van der Waals surface area contributed by atoms with Crippen LogP contribution in [0.2, 0.25) is 19.6 Å². The third-order valence-corrected chi connectivity index (χ3v) is 3.50. The summed E-state index contributed by atoms with van der Waals surface area (Å²) in [6.45, 7) is 9.89. The Bertz CT molecular complexity index is 218. The molecule has 0 saturated heterocycles. The fourth-order valence-corrected chi connectivity index (χ4v) is 3.39. The van der Waals surface area contributed by atoms with E-state index in [9.17, 15) is 4.79 Å². The quantitative estimate of drug-likeness (QED) is 0.379. The molecule has 0 bridgehead atoms. The highest BCUT2D eigenvalue weighted by atomic mass is 28.3. The van der Waals surface area contributed by atoms with Crippen molar-refractivity contribution in [3.05, 3.63) is 12.2 Å². The van der Waals surface area contributed by atoms with Crippen LogP contribution < -0.4 is 0 Å². The molecule has 0 heterocycles. The lowest BCUT2D eigenvalue weighted by atomic mass is 10.2. The summed E-state index contributed by atoms with van der Waals surface area (Å²) in [7, 11) is 1.23. The number of nitrogens with zero attached hydrogens (tertiary/aromatic N) is 1. The number of rotatable bonds is 7. The molecule has 2 nitrogen and oxygen atoms in total. The zero-order chi connectivity index (χ0) is 11.9. The fraction of sp³-hybridized carbons (Fsp3) is 0.750. The molecule has 0 aliphatic heterocycles. The van der Waals surface area contributed by atoms with E-state index in [1.165, 1.54) is 6.17 Å². The van der Waals surface area contributed by atoms with Crippen LogP contribution in [0.25, 0.3) is 0 Å². The molecule has 0 unspecified atom stereocenters. The second-order valence-electron chi connectivity index (χ2n) is 5.45. The number of hydrogen-bond donors (Lipinski definition) is 0. The van der Waals surface area contributed by atoms with Crippen molar-refractivity contribution in [2.75, 3.05) is 19.8 Å². The molecule has 0 amide bonds. The molecular weight excluding hydrogens is 202 g/mol. The summed E-state index contributed by atoms with van der Waals surface area (Å²) >= 11 is 0. The van der Waals surface area contributed by atoms with Gasteiger partial charge in [-0.05, 0) is 45.6 Å². The monoisotopic (exact) mass is 227 g/mol. The van der Waals surface area contributed by atoms with E-state index in [0.29, 0.717) is 0 Å². The van der Waals surface area contributed by atoms with E-state index in [1.54, 1.807) is 13.0 Å². The van der Waals surface area contributed by atoms with Gasteiger partial charge in [0.1, 0.15) is 0 Å². The first-order valence-electron chi connectivity index (χ1n) is 5.67. The van der Waals surface area contributed by atoms with Crippen LogP contribution in [0.1, 0.15) is 19.8 Å². The highest BCUT2D eigenvalue weighted by Crippen LogP contribution is 2.03. The van der Waals surface area contributed by atoms with Gasteiger partial charge in [-0.25, -0.2) is 0 Å². The largest absolute Gasteiger partial charge is 0.309 e. The Morgan fingerprint density at radius 1 is 1.33 bits per heavy atom. The first-order valence-corrected chi connectivity index (χ1v) is 9.37. The molecular formula is C12H25NOSi. The molecule has 0 aromatic carbocycles. The van der Waals surface area contributed by atoms with Crippen molar-refractivity contribution < 1.29 is 4.79 Å². The maximum Gasteiger partial charge on any atom is 0.152 e. The van der Waals surface area contributed by atoms with E-state index in [2.05, 4.69) is 31.6 Å². The number of unbranched alkanes of at least 4 members (excludes halogenated alkanes) is 1. The Labute approximate surface area is 95.4 Å². The number of carbonyl (C=O) groups excluding carboxylic acids is 1. The average Bonchev–Trinajstić information content (AvgIpc) is 1.99. The summed E-state index contributed by atoms with van der Waals surface area (Å²) in [5.74, 6) is 0.144. The van der Waals surface area contributed by atoms with Gasteiger partial charge in [-0.1, -0.05) is 25.7 Å². The molecule has 0 aromatic rings. The van der Waals surface area contributed by atoms with Crippen molar-refractivity contribution in [2.45, 2.75) is 39.4 Å². The maximum atomic E-state index is 10.6. The molecule has 0 aliphatic rings. The maximum absolute atomic E-state index is 10.6. The van der Waals surface area contributed by atoms with Crippen molar-refractivity contribution in [3.63, 3.8) is 0 Å². The van der Waals surface area contributed by atoms with Crippen molar-refractivity contribution in [1.82, 2.24) is 4.90 Å². The first kappa shape index (κ1) is 14.6. The van der Waals surface area contributed by atoms with Gasteiger partial charge in [0.15, 0.2) is 5.78 Å². The van der Waals surface area contributed by atoms with Gasteiger partial charge in [0.2, 0.25) is 0 Å². The van der Waals surface area contributed by atoms with E-state index in [4.69, 9.17) is 0 Å². The first-order chi connectivity index (χ1) is 6.81. The summed E-state index contributed by atoms with van der Waals surface area (Å²) < 4.78 is 0. The zero-order valence-corrected chi connectivity index (χ0v) is 11.8. The van der Waals surface area contributed by atoms with Crippen LogP contribution in [0.15, 0.2) is 12.2 Å². The Kier molecular flexibility index (Phi) is 6.77. The van der Waals surface area contributed by atoms with Gasteiger partial charge >= 0.3 is 0 Å². The minimum atomic E-state index is -0.953. The average molecular weight is 227 g/mol. The Hall–Kier alpha value is -0.413. The van der Waals surface area contributed by atoms with Crippen molar-refractivity contribution >= 4 is 13.9 Å². The lowest BCUT2D eigenvalue weighted by molar-refractivity contribution is -0.112. The minimum Gasteiger partial charge on any atom is -0.309 e. The van der Waals surface area contributed by atoms with Gasteiger partial charge in [0, 0.05) is 0 Å². The number of allylic oxidation sites excluding steroid dienone is 2. The second kappa shape index (κ2) is 6.96. The van der Waals surface area contributed by atoms with E-state index < -0.39 is 8.07 Å². The molecule has 15 heavy (non-hydrogen) atoms. The van der Waals surface area contributed by atoms with E-state index >= 15 is 0 Å². The third kappa shape index (κ3) is 11.5. The van der Waals surface area contributed by atoms with Gasteiger partial charge in [-0.2, -0.15) is 0 Å². The Morgan fingerprint density at radius 2 is 1.93 bits per heavy atom. The summed E-state index contributed by atoms with van der Waals surface area (Å²) in [6, 6.07) is 0. The second-order valence-corrected chi connectivity index (χ2v) is 10.9. The van der Waals surface area contributed by atoms with Gasteiger partial charge in [-0.15, -0.1) is 0 Å². The third-order valence-electron chi connectivity index (χ3n) is 2.01. The van der Waals surface area contributed by atoms with Crippen LogP contribution in [0.4, 0.5) is 0 Å². The molecule has 0 fully saturated rings. The van der Waals surface area contributed by atoms with Crippen LogP contribution in [-0.4, -0.2) is 38.5 Å². The number of carbonyl (C=O) groups is 1. The van der Waals surface area contributed by atoms with Crippen molar-refractivity contribution in [2.24, 2.45) is 0 Å². The number of hydrogen-bond acceptors (Lipinski definition) is 2. The Balaban J connectivity index is 3.56. The molecule has 0 N–H and O–H groups in total. The summed E-state index contributed by atoms with van der Waals surface area (Å²) in [5, 5.41) is 0. The molecule has 3 heteroatoms. The summed E-state index contributed by atoms with van der Waals surface area (Å²) in [5.41, 5.74) is 0. The molecule has 0 aliphatic carbocycles. The molecule has 0 saturated carbocycles. The molecule has 0 aromatic heterocycles. The highest BCUT2D eigenvalue weighted by molar-refractivity contribution is 6.76. The number of ketones is 1. The Morgan fingerprint density at radius 3 is 2.40 bits per heavy atom. The normalized spacial score (nSPS) is 12.7. The lowest BCUT2D eigenvalue weighted by Crippen LogP contribution is -2.38. The van der Waals surface area contributed by atoms with E-state index in [-0.39, 0.29) is 5.78 Å². The predicted octanol–water partition coefficient (Wildman–Crippen LogP) is 2.72. The van der Waals surface area contributed by atoms with Gasteiger partial charge in [0.05, 0.1) is 8.07 Å². The van der Waals surface area contributed by atoms with Crippen LogP contribution in [0, 0.1) is 0 Å². The molecule has 0 spiro atoms. The molecule has 0 atom stereocenters. The SMILES string of the molecule is CC(=O)/C=C/CCCN(C)C[Si](C)(C)C. The summed E-state index contributed by atoms with van der Waals surface area (Å²) in [6.07, 6.45) is 7.05. The van der Waals surface area contributed by atoms with Crippen LogP contribution >= 0.6 is 0 Å². The summed E-state index contributed by atoms with van der Waals surface area (Å²) in [4.78, 5) is 13.0. The van der Waals surface area contributed by atoms with Crippen molar-refractivity contribution in [3.8, 4) is 0 Å². The van der Waals surface area contributed by atoms with Gasteiger partial charge in [0.25, 0.3) is 0 Å². The van der Waals surface area contributed by atoms with Crippen molar-refractivity contribution in [1.29, 1.82) is 0 Å². The van der Waals surface area contributed by atoms with E-state index in [0.717, 1.165) is 19.4 Å². The zero-order valence-electron chi connectivity index (χ0n) is 10.8. The lowest BCUT2D eigenvalue weighted by Gasteiger charge is -2.24. The van der Waals surface area contributed by atoms with Gasteiger partial charge in [-0.3, -0.25) is 4.79 Å². The minimum absolute atomic E-state index is 0.144. The van der Waals surface area contributed by atoms with Gasteiger partial charge < -0.3 is 4.90 Å². The predicted molar refractivity (Wildman–Crippen MR) is 69.9 cm³/mol. The molecule has 0 rings (SSSR count). The van der Waals surface area contributed by atoms with Crippen LogP contribution in [-0.2, 0) is 4.79 Å². The standard InChI is InChI=1S/C12H25NOSi/c1-12(14)9-7-6-8-10-13(2)11-15(3,4)5/h7,9H,6,8,10-11H2,1-5H3/b9-7+. The molecule has 0 radical (unpaired) electrons. The fourth-order valence-electron chi connectivity index (χ4n) is 1.62. The van der Waals surface area contributed by atoms with Crippen LogP contribution in [0.5, 0.6) is 0 Å². The topological polar surface area (TPSA) is 20.3 Å². The molecule has 88 valence electrons. The highest BCUT2D eigenvalue weighted by Gasteiger charge is 2.14.